The fraction of sp³-hybridized carbons (Fsp3) is 0.462. The molecular formula is C13H21N3OS. The molecule has 1 amide bonds. The van der Waals surface area contributed by atoms with Crippen LogP contribution in [0.4, 0.5) is 0 Å². The lowest BCUT2D eigenvalue weighted by Gasteiger charge is -2.23. The molecule has 5 heteroatoms. The van der Waals surface area contributed by atoms with Gasteiger partial charge in [0.25, 0.3) is 0 Å². The Morgan fingerprint density at radius 3 is 2.94 bits per heavy atom. The molecule has 1 rings (SSSR count). The standard InChI is InChI=1S/C13H21N3OS/c1-3-7-16(10-12-5-4-9-18-12)13(17)11-15(2)8-6-14/h3-5,9H,1,6-8,10-11,14H2,2H3. The van der Waals surface area contributed by atoms with E-state index in [0.29, 0.717) is 26.2 Å². The first kappa shape index (κ1) is 14.9. The zero-order valence-corrected chi connectivity index (χ0v) is 11.7. The van der Waals surface area contributed by atoms with Crippen molar-refractivity contribution in [3.8, 4) is 0 Å². The molecule has 0 spiro atoms. The van der Waals surface area contributed by atoms with Gasteiger partial charge in [-0.25, -0.2) is 0 Å². The summed E-state index contributed by atoms with van der Waals surface area (Å²) in [6.07, 6.45) is 1.76. The second kappa shape index (κ2) is 8.02. The van der Waals surface area contributed by atoms with E-state index < -0.39 is 0 Å². The first-order valence-electron chi connectivity index (χ1n) is 5.97. The number of hydrogen-bond acceptors (Lipinski definition) is 4. The first-order valence-corrected chi connectivity index (χ1v) is 6.85. The monoisotopic (exact) mass is 267 g/mol. The van der Waals surface area contributed by atoms with Gasteiger partial charge in [0.1, 0.15) is 0 Å². The average molecular weight is 267 g/mol. The van der Waals surface area contributed by atoms with Gasteiger partial charge in [-0.3, -0.25) is 9.69 Å². The van der Waals surface area contributed by atoms with Crippen LogP contribution in [0.1, 0.15) is 4.88 Å². The van der Waals surface area contributed by atoms with Crippen LogP contribution in [0.3, 0.4) is 0 Å². The second-order valence-electron chi connectivity index (χ2n) is 4.17. The molecule has 0 saturated carbocycles. The minimum Gasteiger partial charge on any atom is -0.333 e. The Morgan fingerprint density at radius 1 is 1.61 bits per heavy atom. The van der Waals surface area contributed by atoms with Gasteiger partial charge in [0, 0.05) is 24.5 Å². The molecule has 0 aromatic carbocycles. The number of hydrogen-bond donors (Lipinski definition) is 1. The van der Waals surface area contributed by atoms with Crippen LogP contribution in [-0.2, 0) is 11.3 Å². The minimum atomic E-state index is 0.110. The van der Waals surface area contributed by atoms with Crippen LogP contribution in [0.25, 0.3) is 0 Å². The number of likely N-dealkylation sites (N-methyl/N-ethyl adjacent to an activating group) is 1. The van der Waals surface area contributed by atoms with Gasteiger partial charge in [-0.15, -0.1) is 17.9 Å². The van der Waals surface area contributed by atoms with Gasteiger partial charge >= 0.3 is 0 Å². The molecule has 100 valence electrons. The summed E-state index contributed by atoms with van der Waals surface area (Å²) in [5.41, 5.74) is 5.47. The molecule has 0 saturated heterocycles. The van der Waals surface area contributed by atoms with E-state index in [1.54, 1.807) is 17.4 Å². The maximum atomic E-state index is 12.1. The Bertz CT molecular complexity index is 364. The van der Waals surface area contributed by atoms with Gasteiger partial charge in [-0.05, 0) is 18.5 Å². The number of carbonyl (C=O) groups is 1. The van der Waals surface area contributed by atoms with Crippen molar-refractivity contribution < 1.29 is 4.79 Å². The van der Waals surface area contributed by atoms with Crippen molar-refractivity contribution in [1.29, 1.82) is 0 Å². The van der Waals surface area contributed by atoms with E-state index in [9.17, 15) is 4.79 Å². The molecule has 0 aliphatic heterocycles. The Morgan fingerprint density at radius 2 is 2.39 bits per heavy atom. The first-order chi connectivity index (χ1) is 8.67. The molecule has 0 aliphatic rings. The van der Waals surface area contributed by atoms with Gasteiger partial charge in [0.05, 0.1) is 13.1 Å². The fourth-order valence-electron chi connectivity index (χ4n) is 1.63. The highest BCUT2D eigenvalue weighted by atomic mass is 32.1. The lowest BCUT2D eigenvalue weighted by atomic mass is 10.3. The lowest BCUT2D eigenvalue weighted by Crippen LogP contribution is -2.40. The van der Waals surface area contributed by atoms with Crippen molar-refractivity contribution in [3.05, 3.63) is 35.0 Å². The topological polar surface area (TPSA) is 49.6 Å². The number of rotatable bonds is 8. The van der Waals surface area contributed by atoms with Gasteiger partial charge in [-0.1, -0.05) is 12.1 Å². The summed E-state index contributed by atoms with van der Waals surface area (Å²) in [6.45, 7) is 6.63. The Hall–Kier alpha value is -1.17. The van der Waals surface area contributed by atoms with Crippen molar-refractivity contribution in [1.82, 2.24) is 9.80 Å². The summed E-state index contributed by atoms with van der Waals surface area (Å²) in [6, 6.07) is 4.04. The zero-order valence-electron chi connectivity index (χ0n) is 10.8. The van der Waals surface area contributed by atoms with Crippen LogP contribution in [0.5, 0.6) is 0 Å². The number of thiophene rings is 1. The minimum absolute atomic E-state index is 0.110. The number of nitrogens with zero attached hydrogens (tertiary/aromatic N) is 2. The normalized spacial score (nSPS) is 10.6. The van der Waals surface area contributed by atoms with Gasteiger partial charge in [0.15, 0.2) is 0 Å². The van der Waals surface area contributed by atoms with E-state index >= 15 is 0 Å². The number of carbonyl (C=O) groups excluding carboxylic acids is 1. The third kappa shape index (κ3) is 5.00. The fourth-order valence-corrected chi connectivity index (χ4v) is 2.35. The molecule has 0 atom stereocenters. The van der Waals surface area contributed by atoms with Crippen molar-refractivity contribution in [2.24, 2.45) is 5.73 Å². The second-order valence-corrected chi connectivity index (χ2v) is 5.20. The van der Waals surface area contributed by atoms with Crippen molar-refractivity contribution in [2.75, 3.05) is 33.2 Å². The third-order valence-electron chi connectivity index (χ3n) is 2.54. The molecular weight excluding hydrogens is 246 g/mol. The Labute approximate surface area is 113 Å². The lowest BCUT2D eigenvalue weighted by molar-refractivity contribution is -0.132. The molecule has 18 heavy (non-hydrogen) atoms. The summed E-state index contributed by atoms with van der Waals surface area (Å²) in [7, 11) is 1.90. The van der Waals surface area contributed by atoms with Gasteiger partial charge in [-0.2, -0.15) is 0 Å². The van der Waals surface area contributed by atoms with Crippen LogP contribution in [0.15, 0.2) is 30.2 Å². The SMILES string of the molecule is C=CCN(Cc1cccs1)C(=O)CN(C)CCN. The van der Waals surface area contributed by atoms with E-state index in [1.165, 1.54) is 4.88 Å². The summed E-state index contributed by atoms with van der Waals surface area (Å²) in [5, 5.41) is 2.02. The summed E-state index contributed by atoms with van der Waals surface area (Å²) in [5.74, 6) is 0.110. The summed E-state index contributed by atoms with van der Waals surface area (Å²) >= 11 is 1.66. The van der Waals surface area contributed by atoms with Crippen LogP contribution in [0.2, 0.25) is 0 Å². The Balaban J connectivity index is 2.54. The van der Waals surface area contributed by atoms with Gasteiger partial charge in [0.2, 0.25) is 5.91 Å². The van der Waals surface area contributed by atoms with E-state index in [1.807, 2.05) is 34.4 Å². The molecule has 0 bridgehead atoms. The predicted molar refractivity (Wildman–Crippen MR) is 76.5 cm³/mol. The number of nitrogens with two attached hydrogens (primary N) is 1. The van der Waals surface area contributed by atoms with E-state index in [-0.39, 0.29) is 5.91 Å². The van der Waals surface area contributed by atoms with E-state index in [2.05, 4.69) is 6.58 Å². The zero-order chi connectivity index (χ0) is 13.4. The maximum Gasteiger partial charge on any atom is 0.237 e. The largest absolute Gasteiger partial charge is 0.333 e. The molecule has 0 radical (unpaired) electrons. The Kier molecular flexibility index (Phi) is 6.64. The molecule has 0 unspecified atom stereocenters. The van der Waals surface area contributed by atoms with Crippen molar-refractivity contribution >= 4 is 17.2 Å². The quantitative estimate of drug-likeness (QED) is 0.719. The van der Waals surface area contributed by atoms with Crippen LogP contribution >= 0.6 is 11.3 Å². The van der Waals surface area contributed by atoms with Crippen molar-refractivity contribution in [2.45, 2.75) is 6.54 Å². The molecule has 1 aromatic heterocycles. The smallest absolute Gasteiger partial charge is 0.237 e. The van der Waals surface area contributed by atoms with Crippen LogP contribution in [0, 0.1) is 0 Å². The number of amides is 1. The van der Waals surface area contributed by atoms with E-state index in [4.69, 9.17) is 5.73 Å². The molecule has 0 fully saturated rings. The summed E-state index contributed by atoms with van der Waals surface area (Å²) in [4.78, 5) is 17.1. The third-order valence-corrected chi connectivity index (χ3v) is 3.41. The highest BCUT2D eigenvalue weighted by molar-refractivity contribution is 7.09. The molecule has 0 aliphatic carbocycles. The van der Waals surface area contributed by atoms with Crippen molar-refractivity contribution in [3.63, 3.8) is 0 Å². The average Bonchev–Trinajstić information content (AvgIpc) is 2.81. The molecule has 4 nitrogen and oxygen atoms in total. The maximum absolute atomic E-state index is 12.1. The van der Waals surface area contributed by atoms with Gasteiger partial charge < -0.3 is 10.6 Å². The highest BCUT2D eigenvalue weighted by Gasteiger charge is 2.14. The summed E-state index contributed by atoms with van der Waals surface area (Å²) < 4.78 is 0. The highest BCUT2D eigenvalue weighted by Crippen LogP contribution is 2.12. The molecule has 1 heterocycles. The van der Waals surface area contributed by atoms with Crippen LogP contribution in [-0.4, -0.2) is 48.9 Å². The predicted octanol–water partition coefficient (Wildman–Crippen LogP) is 1.15. The molecule has 1 aromatic rings. The van der Waals surface area contributed by atoms with Crippen LogP contribution < -0.4 is 5.73 Å². The molecule has 2 N–H and O–H groups in total. The van der Waals surface area contributed by atoms with E-state index in [0.717, 1.165) is 6.54 Å².